The van der Waals surface area contributed by atoms with Gasteiger partial charge in [-0.3, -0.25) is 0 Å². The molecule has 0 unspecified atom stereocenters. The number of hydrogen-bond donors (Lipinski definition) is 0. The first-order valence-corrected chi connectivity index (χ1v) is 10.2. The SMILES string of the molecule is CCO[C@H]1CC[C@@]2(C)[C@@H](CC[C@H]3[C@@H]4CCC[C@@]4(C)CC[C@@H]32)C1. The molecule has 0 spiro atoms. The zero-order valence-corrected chi connectivity index (χ0v) is 15.1. The van der Waals surface area contributed by atoms with Crippen molar-refractivity contribution in [2.24, 2.45) is 34.5 Å². The van der Waals surface area contributed by atoms with E-state index in [-0.39, 0.29) is 0 Å². The van der Waals surface area contributed by atoms with E-state index in [4.69, 9.17) is 4.74 Å². The van der Waals surface area contributed by atoms with Crippen molar-refractivity contribution >= 4 is 0 Å². The van der Waals surface area contributed by atoms with Crippen LogP contribution < -0.4 is 0 Å². The average Bonchev–Trinajstić information content (AvgIpc) is 2.89. The maximum atomic E-state index is 6.00. The summed E-state index contributed by atoms with van der Waals surface area (Å²) >= 11 is 0. The third kappa shape index (κ3) is 2.21. The van der Waals surface area contributed by atoms with Gasteiger partial charge in [0.1, 0.15) is 0 Å². The van der Waals surface area contributed by atoms with Crippen LogP contribution in [0.15, 0.2) is 0 Å². The number of rotatable bonds is 2. The molecule has 1 heteroatoms. The highest BCUT2D eigenvalue weighted by Crippen LogP contribution is 2.66. The lowest BCUT2D eigenvalue weighted by Gasteiger charge is -2.60. The van der Waals surface area contributed by atoms with E-state index in [0.717, 1.165) is 30.3 Å². The van der Waals surface area contributed by atoms with Gasteiger partial charge in [-0.15, -0.1) is 0 Å². The Balaban J connectivity index is 1.54. The third-order valence-electron chi connectivity index (χ3n) is 8.80. The molecule has 0 N–H and O–H groups in total. The summed E-state index contributed by atoms with van der Waals surface area (Å²) in [6.45, 7) is 8.36. The van der Waals surface area contributed by atoms with Crippen molar-refractivity contribution in [3.8, 4) is 0 Å². The van der Waals surface area contributed by atoms with E-state index in [1.165, 1.54) is 57.8 Å². The summed E-state index contributed by atoms with van der Waals surface area (Å²) in [6, 6.07) is 0. The van der Waals surface area contributed by atoms with Crippen LogP contribution in [0.4, 0.5) is 0 Å². The van der Waals surface area contributed by atoms with Crippen LogP contribution in [0.3, 0.4) is 0 Å². The highest BCUT2D eigenvalue weighted by atomic mass is 16.5. The van der Waals surface area contributed by atoms with Gasteiger partial charge in [-0.25, -0.2) is 0 Å². The van der Waals surface area contributed by atoms with E-state index in [9.17, 15) is 0 Å². The third-order valence-corrected chi connectivity index (χ3v) is 8.80. The molecular weight excluding hydrogens is 268 g/mol. The Morgan fingerprint density at radius 1 is 0.909 bits per heavy atom. The van der Waals surface area contributed by atoms with Crippen molar-refractivity contribution in [2.75, 3.05) is 6.61 Å². The van der Waals surface area contributed by atoms with Gasteiger partial charge >= 0.3 is 0 Å². The molecule has 4 aliphatic rings. The number of fused-ring (bicyclic) bond motifs is 5. The van der Waals surface area contributed by atoms with Crippen molar-refractivity contribution in [1.29, 1.82) is 0 Å². The topological polar surface area (TPSA) is 9.23 Å². The summed E-state index contributed by atoms with van der Waals surface area (Å²) < 4.78 is 6.00. The maximum Gasteiger partial charge on any atom is 0.0578 e. The van der Waals surface area contributed by atoms with Gasteiger partial charge in [0.2, 0.25) is 0 Å². The van der Waals surface area contributed by atoms with Gasteiger partial charge in [0.25, 0.3) is 0 Å². The molecule has 0 amide bonds. The molecule has 126 valence electrons. The van der Waals surface area contributed by atoms with Crippen LogP contribution in [0, 0.1) is 34.5 Å². The summed E-state index contributed by atoms with van der Waals surface area (Å²) in [7, 11) is 0. The van der Waals surface area contributed by atoms with Crippen LogP contribution in [0.5, 0.6) is 0 Å². The highest BCUT2D eigenvalue weighted by molar-refractivity contribution is 5.07. The number of ether oxygens (including phenoxy) is 1. The molecule has 0 saturated heterocycles. The lowest BCUT2D eigenvalue weighted by Crippen LogP contribution is -2.53. The van der Waals surface area contributed by atoms with Crippen molar-refractivity contribution in [1.82, 2.24) is 0 Å². The fourth-order valence-corrected chi connectivity index (χ4v) is 7.60. The number of hydrogen-bond acceptors (Lipinski definition) is 1. The Kier molecular flexibility index (Phi) is 3.87. The van der Waals surface area contributed by atoms with E-state index in [1.54, 1.807) is 6.42 Å². The molecule has 0 radical (unpaired) electrons. The standard InChI is InChI=1S/C21H36O/c1-4-22-16-9-13-21(3)15(14-16)7-8-17-18-6-5-11-20(18,2)12-10-19(17)21/h15-19H,4-14H2,1-3H3/t15-,16-,17-,18-,19-,20-,21-/m0/s1. The molecule has 0 bridgehead atoms. The predicted octanol–water partition coefficient (Wildman–Crippen LogP) is 5.82. The van der Waals surface area contributed by atoms with E-state index >= 15 is 0 Å². The van der Waals surface area contributed by atoms with Crippen LogP contribution in [0.25, 0.3) is 0 Å². The van der Waals surface area contributed by atoms with E-state index < -0.39 is 0 Å². The van der Waals surface area contributed by atoms with Crippen molar-refractivity contribution in [2.45, 2.75) is 91.1 Å². The molecule has 1 nitrogen and oxygen atoms in total. The van der Waals surface area contributed by atoms with Gasteiger partial charge in [0.15, 0.2) is 0 Å². The first-order valence-electron chi connectivity index (χ1n) is 10.2. The zero-order chi connectivity index (χ0) is 15.4. The quantitative estimate of drug-likeness (QED) is 0.624. The minimum absolute atomic E-state index is 0.569. The molecular formula is C21H36O. The molecule has 4 aliphatic carbocycles. The minimum atomic E-state index is 0.569. The van der Waals surface area contributed by atoms with Crippen LogP contribution >= 0.6 is 0 Å². The van der Waals surface area contributed by atoms with Crippen molar-refractivity contribution in [3.05, 3.63) is 0 Å². The van der Waals surface area contributed by atoms with Gasteiger partial charge in [-0.2, -0.15) is 0 Å². The second kappa shape index (κ2) is 5.50. The lowest BCUT2D eigenvalue weighted by molar-refractivity contribution is -0.128. The van der Waals surface area contributed by atoms with E-state index in [1.807, 2.05) is 0 Å². The van der Waals surface area contributed by atoms with Gasteiger partial charge < -0.3 is 4.74 Å². The summed E-state index contributed by atoms with van der Waals surface area (Å²) in [5.74, 6) is 4.11. The minimum Gasteiger partial charge on any atom is -0.378 e. The van der Waals surface area contributed by atoms with Crippen LogP contribution in [0.2, 0.25) is 0 Å². The Bertz CT molecular complexity index is 418. The molecule has 22 heavy (non-hydrogen) atoms. The molecule has 0 aromatic heterocycles. The molecule has 7 atom stereocenters. The van der Waals surface area contributed by atoms with E-state index in [2.05, 4.69) is 20.8 Å². The smallest absolute Gasteiger partial charge is 0.0578 e. The summed E-state index contributed by atoms with van der Waals surface area (Å²) in [5, 5.41) is 0. The van der Waals surface area contributed by atoms with Gasteiger partial charge in [0.05, 0.1) is 6.10 Å². The van der Waals surface area contributed by atoms with Gasteiger partial charge in [0, 0.05) is 6.61 Å². The van der Waals surface area contributed by atoms with Gasteiger partial charge in [-0.1, -0.05) is 20.3 Å². The predicted molar refractivity (Wildman–Crippen MR) is 91.8 cm³/mol. The van der Waals surface area contributed by atoms with Crippen LogP contribution in [-0.2, 0) is 4.74 Å². The molecule has 4 saturated carbocycles. The fraction of sp³-hybridized carbons (Fsp3) is 1.00. The Morgan fingerprint density at radius 3 is 2.59 bits per heavy atom. The Labute approximate surface area is 137 Å². The fourth-order valence-electron chi connectivity index (χ4n) is 7.60. The molecule has 0 aliphatic heterocycles. The Morgan fingerprint density at radius 2 is 1.77 bits per heavy atom. The summed E-state index contributed by atoms with van der Waals surface area (Å²) in [5.41, 5.74) is 1.35. The molecule has 0 aromatic carbocycles. The average molecular weight is 305 g/mol. The lowest BCUT2D eigenvalue weighted by atomic mass is 9.45. The molecule has 0 aromatic rings. The second-order valence-corrected chi connectivity index (χ2v) is 9.59. The molecule has 4 rings (SSSR count). The monoisotopic (exact) mass is 304 g/mol. The van der Waals surface area contributed by atoms with E-state index in [0.29, 0.717) is 16.9 Å². The second-order valence-electron chi connectivity index (χ2n) is 9.59. The van der Waals surface area contributed by atoms with Crippen molar-refractivity contribution < 1.29 is 4.74 Å². The first kappa shape index (κ1) is 15.5. The maximum absolute atomic E-state index is 6.00. The molecule has 4 fully saturated rings. The summed E-state index contributed by atoms with van der Waals surface area (Å²) in [6.07, 6.45) is 15.3. The van der Waals surface area contributed by atoms with Crippen molar-refractivity contribution in [3.63, 3.8) is 0 Å². The van der Waals surface area contributed by atoms with Gasteiger partial charge in [-0.05, 0) is 99.2 Å². The highest BCUT2D eigenvalue weighted by Gasteiger charge is 2.57. The first-order chi connectivity index (χ1) is 10.6. The Hall–Kier alpha value is -0.0400. The summed E-state index contributed by atoms with van der Waals surface area (Å²) in [4.78, 5) is 0. The molecule has 0 heterocycles. The van der Waals surface area contributed by atoms with Crippen LogP contribution in [0.1, 0.15) is 85.0 Å². The largest absolute Gasteiger partial charge is 0.378 e. The zero-order valence-electron chi connectivity index (χ0n) is 15.1. The normalized spacial score (nSPS) is 54.4. The van der Waals surface area contributed by atoms with Crippen LogP contribution in [-0.4, -0.2) is 12.7 Å².